The molecular formula is C15H28N4O2S. The van der Waals surface area contributed by atoms with Crippen LogP contribution >= 0.6 is 0 Å². The van der Waals surface area contributed by atoms with Crippen LogP contribution in [0, 0.1) is 19.8 Å². The molecule has 1 saturated heterocycles. The molecule has 1 aromatic heterocycles. The average molecular weight is 328 g/mol. The van der Waals surface area contributed by atoms with Gasteiger partial charge in [0, 0.05) is 12.6 Å². The Morgan fingerprint density at radius 3 is 2.36 bits per heavy atom. The van der Waals surface area contributed by atoms with Crippen molar-refractivity contribution in [1.29, 1.82) is 0 Å². The zero-order valence-corrected chi connectivity index (χ0v) is 14.8. The molecule has 22 heavy (non-hydrogen) atoms. The van der Waals surface area contributed by atoms with Crippen molar-refractivity contribution in [3.05, 3.63) is 11.4 Å². The molecule has 0 saturated carbocycles. The molecule has 0 spiro atoms. The number of hydrogen-bond donors (Lipinski definition) is 2. The Balaban J connectivity index is 2.08. The predicted molar refractivity (Wildman–Crippen MR) is 87.3 cm³/mol. The Morgan fingerprint density at radius 1 is 1.23 bits per heavy atom. The zero-order valence-electron chi connectivity index (χ0n) is 14.0. The van der Waals surface area contributed by atoms with Crippen LogP contribution in [0.3, 0.4) is 0 Å². The van der Waals surface area contributed by atoms with Crippen LogP contribution in [0.2, 0.25) is 0 Å². The van der Waals surface area contributed by atoms with Gasteiger partial charge in [-0.25, -0.2) is 13.1 Å². The zero-order chi connectivity index (χ0) is 16.3. The number of hydrogen-bond acceptors (Lipinski definition) is 4. The number of sulfonamides is 1. The number of likely N-dealkylation sites (tertiary alicyclic amines) is 1. The summed E-state index contributed by atoms with van der Waals surface area (Å²) in [5, 5.41) is 6.72. The lowest BCUT2D eigenvalue weighted by Crippen LogP contribution is -2.48. The van der Waals surface area contributed by atoms with Crippen LogP contribution in [0.25, 0.3) is 0 Å². The normalized spacial score (nSPS) is 18.8. The van der Waals surface area contributed by atoms with Gasteiger partial charge in [-0.3, -0.25) is 10.00 Å². The standard InChI is InChI=1S/C15H28N4O2S/c1-11(2)14(19-8-6-5-7-9-19)10-16-22(20,21)15-12(3)17-18-13(15)4/h11,14,16H,5-10H2,1-4H3,(H,17,18). The molecule has 1 aromatic rings. The molecule has 0 amide bonds. The number of rotatable bonds is 6. The number of nitrogens with one attached hydrogen (secondary N) is 2. The van der Waals surface area contributed by atoms with Gasteiger partial charge in [0.2, 0.25) is 10.0 Å². The quantitative estimate of drug-likeness (QED) is 0.835. The van der Waals surface area contributed by atoms with E-state index in [2.05, 4.69) is 33.7 Å². The minimum Gasteiger partial charge on any atom is -0.299 e. The average Bonchev–Trinajstić information content (AvgIpc) is 2.79. The second kappa shape index (κ2) is 7.10. The summed E-state index contributed by atoms with van der Waals surface area (Å²) in [4.78, 5) is 2.71. The van der Waals surface area contributed by atoms with E-state index in [4.69, 9.17) is 0 Å². The summed E-state index contributed by atoms with van der Waals surface area (Å²) in [6.07, 6.45) is 3.69. The van der Waals surface area contributed by atoms with Crippen molar-refractivity contribution >= 4 is 10.0 Å². The van der Waals surface area contributed by atoms with E-state index in [1.807, 2.05) is 0 Å². The highest BCUT2D eigenvalue weighted by Crippen LogP contribution is 2.19. The lowest BCUT2D eigenvalue weighted by molar-refractivity contribution is 0.130. The maximum atomic E-state index is 12.6. The van der Waals surface area contributed by atoms with E-state index in [-0.39, 0.29) is 10.9 Å². The lowest BCUT2D eigenvalue weighted by atomic mass is 9.99. The molecule has 1 fully saturated rings. The van der Waals surface area contributed by atoms with E-state index < -0.39 is 10.0 Å². The fourth-order valence-corrected chi connectivity index (χ4v) is 4.66. The third kappa shape index (κ3) is 3.88. The number of nitrogens with zero attached hydrogens (tertiary/aromatic N) is 2. The van der Waals surface area contributed by atoms with Gasteiger partial charge >= 0.3 is 0 Å². The third-order valence-corrected chi connectivity index (χ3v) is 6.13. The maximum absolute atomic E-state index is 12.6. The van der Waals surface area contributed by atoms with Crippen molar-refractivity contribution < 1.29 is 8.42 Å². The van der Waals surface area contributed by atoms with Gasteiger partial charge in [0.25, 0.3) is 0 Å². The minimum absolute atomic E-state index is 0.239. The number of H-pyrrole nitrogens is 1. The van der Waals surface area contributed by atoms with E-state index >= 15 is 0 Å². The Hall–Kier alpha value is -0.920. The largest absolute Gasteiger partial charge is 0.299 e. The highest BCUT2D eigenvalue weighted by Gasteiger charge is 2.27. The Kier molecular flexibility index (Phi) is 5.63. The van der Waals surface area contributed by atoms with Crippen molar-refractivity contribution in [2.45, 2.75) is 57.9 Å². The molecule has 0 bridgehead atoms. The van der Waals surface area contributed by atoms with Crippen molar-refractivity contribution in [1.82, 2.24) is 19.8 Å². The van der Waals surface area contributed by atoms with Gasteiger partial charge in [0.15, 0.2) is 0 Å². The summed E-state index contributed by atoms with van der Waals surface area (Å²) < 4.78 is 27.9. The summed E-state index contributed by atoms with van der Waals surface area (Å²) in [6, 6.07) is 0.239. The molecule has 1 aliphatic rings. The van der Waals surface area contributed by atoms with Gasteiger partial charge in [0.05, 0.1) is 11.4 Å². The Bertz CT molecular complexity index is 569. The number of aryl methyl sites for hydroxylation is 2. The summed E-state index contributed by atoms with van der Waals surface area (Å²) in [7, 11) is -3.52. The molecule has 1 aliphatic heterocycles. The number of piperidine rings is 1. The van der Waals surface area contributed by atoms with Gasteiger partial charge in [0.1, 0.15) is 4.90 Å². The minimum atomic E-state index is -3.52. The van der Waals surface area contributed by atoms with Gasteiger partial charge < -0.3 is 0 Å². The first-order valence-electron chi connectivity index (χ1n) is 8.08. The van der Waals surface area contributed by atoms with Crippen LogP contribution < -0.4 is 4.72 Å². The van der Waals surface area contributed by atoms with E-state index in [0.29, 0.717) is 23.9 Å². The second-order valence-corrected chi connectivity index (χ2v) is 8.23. The van der Waals surface area contributed by atoms with Crippen molar-refractivity contribution in [2.24, 2.45) is 5.92 Å². The fourth-order valence-electron chi connectivity index (χ4n) is 3.24. The highest BCUT2D eigenvalue weighted by molar-refractivity contribution is 7.89. The highest BCUT2D eigenvalue weighted by atomic mass is 32.2. The topological polar surface area (TPSA) is 78.1 Å². The van der Waals surface area contributed by atoms with Gasteiger partial charge in [-0.1, -0.05) is 20.3 Å². The summed E-state index contributed by atoms with van der Waals surface area (Å²) in [5.41, 5.74) is 1.10. The molecule has 1 unspecified atom stereocenters. The smallest absolute Gasteiger partial charge is 0.244 e. The van der Waals surface area contributed by atoms with Crippen LogP contribution in [0.15, 0.2) is 4.90 Å². The second-order valence-electron chi connectivity index (χ2n) is 6.52. The number of aromatic nitrogens is 2. The van der Waals surface area contributed by atoms with Gasteiger partial charge in [-0.05, 0) is 45.7 Å². The molecular weight excluding hydrogens is 300 g/mol. The predicted octanol–water partition coefficient (Wildman–Crippen LogP) is 1.82. The monoisotopic (exact) mass is 328 g/mol. The van der Waals surface area contributed by atoms with Crippen molar-refractivity contribution in [2.75, 3.05) is 19.6 Å². The summed E-state index contributed by atoms with van der Waals surface area (Å²) >= 11 is 0. The SMILES string of the molecule is Cc1n[nH]c(C)c1S(=O)(=O)NCC(C(C)C)N1CCCCC1. The van der Waals surface area contributed by atoms with E-state index in [0.717, 1.165) is 13.1 Å². The molecule has 2 N–H and O–H groups in total. The van der Waals surface area contributed by atoms with Crippen LogP contribution in [0.5, 0.6) is 0 Å². The fraction of sp³-hybridized carbons (Fsp3) is 0.800. The maximum Gasteiger partial charge on any atom is 0.244 e. The molecule has 2 rings (SSSR count). The first-order chi connectivity index (χ1) is 10.3. The van der Waals surface area contributed by atoms with Crippen LogP contribution in [0.4, 0.5) is 0 Å². The van der Waals surface area contributed by atoms with E-state index in [1.54, 1.807) is 13.8 Å². The Labute approximate surface area is 133 Å². The Morgan fingerprint density at radius 2 is 1.86 bits per heavy atom. The van der Waals surface area contributed by atoms with Crippen LogP contribution in [-0.2, 0) is 10.0 Å². The van der Waals surface area contributed by atoms with E-state index in [1.165, 1.54) is 19.3 Å². The third-order valence-electron chi connectivity index (χ3n) is 4.44. The summed E-state index contributed by atoms with van der Waals surface area (Å²) in [5.74, 6) is 0.410. The summed E-state index contributed by atoms with van der Waals surface area (Å²) in [6.45, 7) is 10.3. The molecule has 126 valence electrons. The molecule has 6 nitrogen and oxygen atoms in total. The van der Waals surface area contributed by atoms with Crippen LogP contribution in [0.1, 0.15) is 44.5 Å². The van der Waals surface area contributed by atoms with Crippen molar-refractivity contribution in [3.8, 4) is 0 Å². The molecule has 0 radical (unpaired) electrons. The first-order valence-corrected chi connectivity index (χ1v) is 9.56. The molecule has 1 atom stereocenters. The van der Waals surface area contributed by atoms with Crippen molar-refractivity contribution in [3.63, 3.8) is 0 Å². The molecule has 7 heteroatoms. The number of aromatic amines is 1. The van der Waals surface area contributed by atoms with Crippen LogP contribution in [-0.4, -0.2) is 49.2 Å². The first kappa shape index (κ1) is 17.4. The molecule has 0 aromatic carbocycles. The van der Waals surface area contributed by atoms with E-state index in [9.17, 15) is 8.42 Å². The lowest BCUT2D eigenvalue weighted by Gasteiger charge is -2.37. The molecule has 2 heterocycles. The molecule has 0 aliphatic carbocycles. The van der Waals surface area contributed by atoms with Gasteiger partial charge in [-0.2, -0.15) is 5.10 Å². The van der Waals surface area contributed by atoms with Gasteiger partial charge in [-0.15, -0.1) is 0 Å².